The molecule has 1 aromatic heterocycles. The van der Waals surface area contributed by atoms with Gasteiger partial charge in [0.2, 0.25) is 6.20 Å². The maximum atomic E-state index is 12.7. The second-order valence-corrected chi connectivity index (χ2v) is 8.57. The monoisotopic (exact) mass is 405 g/mol. The van der Waals surface area contributed by atoms with Crippen molar-refractivity contribution in [3.63, 3.8) is 0 Å². The van der Waals surface area contributed by atoms with Crippen molar-refractivity contribution in [3.8, 4) is 0 Å². The largest absolute Gasteiger partial charge is 0.618 e. The number of anilines is 1. The zero-order valence-corrected chi connectivity index (χ0v) is 15.0. The van der Waals surface area contributed by atoms with Gasteiger partial charge in [0.05, 0.1) is 17.7 Å². The van der Waals surface area contributed by atoms with Crippen LogP contribution in [0.5, 0.6) is 0 Å². The summed E-state index contributed by atoms with van der Waals surface area (Å²) in [6.45, 7) is 0.334. The Labute approximate surface area is 154 Å². The standard InChI is InChI=1S/C16H18F3N3O4S/c17-16(18,19)11-3-6-21(7-4-11)13-1-2-14(22(24)9-13)15(23)20-12-5-8-27(25,26)10-12/h1-2,5,8-9,11-12H,3-4,6-7,10H2,(H,20,23). The molecule has 1 N–H and O–H groups in total. The van der Waals surface area contributed by atoms with Gasteiger partial charge >= 0.3 is 12.1 Å². The maximum absolute atomic E-state index is 12.7. The number of hydrogen-bond donors (Lipinski definition) is 1. The average molecular weight is 405 g/mol. The topological polar surface area (TPSA) is 93.4 Å². The van der Waals surface area contributed by atoms with Gasteiger partial charge in [0.15, 0.2) is 9.84 Å². The van der Waals surface area contributed by atoms with E-state index in [-0.39, 0.29) is 37.4 Å². The van der Waals surface area contributed by atoms with E-state index >= 15 is 0 Å². The molecule has 1 fully saturated rings. The summed E-state index contributed by atoms with van der Waals surface area (Å²) in [6, 6.07) is 2.07. The molecule has 2 aliphatic heterocycles. The van der Waals surface area contributed by atoms with E-state index in [1.165, 1.54) is 18.2 Å². The van der Waals surface area contributed by atoms with Crippen LogP contribution in [0.15, 0.2) is 29.8 Å². The van der Waals surface area contributed by atoms with Crippen molar-refractivity contribution in [2.24, 2.45) is 5.92 Å². The first-order chi connectivity index (χ1) is 12.5. The predicted molar refractivity (Wildman–Crippen MR) is 90.6 cm³/mol. The number of nitrogens with one attached hydrogen (secondary N) is 1. The van der Waals surface area contributed by atoms with Crippen molar-refractivity contribution in [2.75, 3.05) is 23.7 Å². The fourth-order valence-electron chi connectivity index (χ4n) is 3.21. The van der Waals surface area contributed by atoms with Crippen LogP contribution in [0.1, 0.15) is 23.3 Å². The Morgan fingerprint density at radius 1 is 1.26 bits per heavy atom. The second kappa shape index (κ2) is 7.02. The summed E-state index contributed by atoms with van der Waals surface area (Å²) in [5, 5.41) is 15.6. The van der Waals surface area contributed by atoms with Gasteiger partial charge in [-0.15, -0.1) is 0 Å². The lowest BCUT2D eigenvalue weighted by molar-refractivity contribution is -0.607. The number of pyridine rings is 1. The Kier molecular flexibility index (Phi) is 5.06. The van der Waals surface area contributed by atoms with Crippen molar-refractivity contribution in [2.45, 2.75) is 25.1 Å². The molecule has 0 bridgehead atoms. The highest BCUT2D eigenvalue weighted by molar-refractivity contribution is 7.94. The number of amides is 1. The lowest BCUT2D eigenvalue weighted by atomic mass is 9.96. The lowest BCUT2D eigenvalue weighted by Crippen LogP contribution is -2.44. The summed E-state index contributed by atoms with van der Waals surface area (Å²) >= 11 is 0. The molecule has 0 radical (unpaired) electrons. The lowest BCUT2D eigenvalue weighted by Gasteiger charge is -2.33. The van der Waals surface area contributed by atoms with Gasteiger partial charge in [-0.1, -0.05) is 0 Å². The van der Waals surface area contributed by atoms with Crippen LogP contribution in [0.25, 0.3) is 0 Å². The van der Waals surface area contributed by atoms with Crippen molar-refractivity contribution in [1.82, 2.24) is 5.32 Å². The van der Waals surface area contributed by atoms with Crippen LogP contribution in [-0.4, -0.2) is 45.4 Å². The number of alkyl halides is 3. The number of aromatic nitrogens is 1. The fourth-order valence-corrected chi connectivity index (χ4v) is 4.44. The van der Waals surface area contributed by atoms with Gasteiger partial charge in [-0.2, -0.15) is 17.9 Å². The Balaban J connectivity index is 1.64. The SMILES string of the molecule is O=C(NC1C=CS(=O)(=O)C1)c1ccc(N2CCC(C(F)(F)F)CC2)c[n+]1[O-]. The molecule has 1 aromatic rings. The van der Waals surface area contributed by atoms with E-state index in [1.807, 2.05) is 0 Å². The molecule has 3 rings (SSSR count). The van der Waals surface area contributed by atoms with Gasteiger partial charge in [-0.25, -0.2) is 8.42 Å². The summed E-state index contributed by atoms with van der Waals surface area (Å²) < 4.78 is 61.2. The zero-order chi connectivity index (χ0) is 19.8. The van der Waals surface area contributed by atoms with Crippen LogP contribution in [0.3, 0.4) is 0 Å². The highest BCUT2D eigenvalue weighted by atomic mass is 32.2. The molecule has 0 saturated carbocycles. The number of piperidine rings is 1. The minimum atomic E-state index is -4.21. The molecular formula is C16H18F3N3O4S. The van der Waals surface area contributed by atoms with Gasteiger partial charge in [-0.3, -0.25) is 4.79 Å². The molecule has 0 spiro atoms. The summed E-state index contributed by atoms with van der Waals surface area (Å²) in [7, 11) is -3.34. The molecular weight excluding hydrogens is 387 g/mol. The maximum Gasteiger partial charge on any atom is 0.391 e. The Hall–Kier alpha value is -2.30. The smallest absolute Gasteiger partial charge is 0.391 e. The van der Waals surface area contributed by atoms with E-state index in [0.29, 0.717) is 10.4 Å². The third-order valence-corrected chi connectivity index (χ3v) is 6.10. The van der Waals surface area contributed by atoms with Gasteiger partial charge in [0.25, 0.3) is 5.69 Å². The molecule has 1 saturated heterocycles. The number of halogens is 3. The molecule has 7 nitrogen and oxygen atoms in total. The Morgan fingerprint density at radius 2 is 1.93 bits per heavy atom. The Bertz CT molecular complexity index is 862. The van der Waals surface area contributed by atoms with Crippen LogP contribution in [0.4, 0.5) is 18.9 Å². The van der Waals surface area contributed by atoms with Crippen LogP contribution < -0.4 is 14.9 Å². The van der Waals surface area contributed by atoms with Gasteiger partial charge in [0, 0.05) is 24.6 Å². The number of rotatable bonds is 3. The molecule has 3 heterocycles. The van der Waals surface area contributed by atoms with E-state index in [2.05, 4.69) is 5.32 Å². The van der Waals surface area contributed by atoms with E-state index in [4.69, 9.17) is 0 Å². The molecule has 0 aliphatic carbocycles. The predicted octanol–water partition coefficient (Wildman–Crippen LogP) is 1.14. The first-order valence-corrected chi connectivity index (χ1v) is 10.0. The van der Waals surface area contributed by atoms with E-state index < -0.39 is 33.9 Å². The molecule has 1 unspecified atom stereocenters. The van der Waals surface area contributed by atoms with E-state index in [0.717, 1.165) is 11.6 Å². The van der Waals surface area contributed by atoms with Gasteiger partial charge in [0.1, 0.15) is 5.69 Å². The highest BCUT2D eigenvalue weighted by Crippen LogP contribution is 2.35. The minimum Gasteiger partial charge on any atom is -0.618 e. The number of carbonyl (C=O) groups excluding carboxylic acids is 1. The van der Waals surface area contributed by atoms with Crippen LogP contribution in [0.2, 0.25) is 0 Å². The quantitative estimate of drug-likeness (QED) is 0.601. The highest BCUT2D eigenvalue weighted by Gasteiger charge is 2.41. The molecule has 148 valence electrons. The Morgan fingerprint density at radius 3 is 2.44 bits per heavy atom. The third-order valence-electron chi connectivity index (χ3n) is 4.70. The zero-order valence-electron chi connectivity index (χ0n) is 14.1. The van der Waals surface area contributed by atoms with Crippen molar-refractivity contribution in [1.29, 1.82) is 0 Å². The number of sulfone groups is 1. The van der Waals surface area contributed by atoms with E-state index in [9.17, 15) is 31.6 Å². The van der Waals surface area contributed by atoms with Gasteiger partial charge in [-0.05, 0) is 25.0 Å². The normalized spacial score (nSPS) is 22.8. The number of carbonyl (C=O) groups is 1. The molecule has 1 amide bonds. The van der Waals surface area contributed by atoms with Crippen molar-refractivity contribution in [3.05, 3.63) is 40.7 Å². The molecule has 2 aliphatic rings. The molecule has 0 aromatic carbocycles. The van der Waals surface area contributed by atoms with Gasteiger partial charge < -0.3 is 15.4 Å². The molecule has 27 heavy (non-hydrogen) atoms. The summed E-state index contributed by atoms with van der Waals surface area (Å²) in [4.78, 5) is 13.8. The molecule has 11 heteroatoms. The van der Waals surface area contributed by atoms with E-state index in [1.54, 1.807) is 4.90 Å². The van der Waals surface area contributed by atoms with Crippen molar-refractivity contribution >= 4 is 21.4 Å². The second-order valence-electron chi connectivity index (χ2n) is 6.64. The molecule has 1 atom stereocenters. The van der Waals surface area contributed by atoms with Crippen LogP contribution in [0, 0.1) is 11.1 Å². The third kappa shape index (κ3) is 4.52. The van der Waals surface area contributed by atoms with Crippen LogP contribution >= 0.6 is 0 Å². The minimum absolute atomic E-state index is 0.0485. The number of nitrogens with zero attached hydrogens (tertiary/aromatic N) is 2. The fraction of sp³-hybridized carbons (Fsp3) is 0.500. The number of hydrogen-bond acceptors (Lipinski definition) is 5. The summed E-state index contributed by atoms with van der Waals surface area (Å²) in [5.74, 6) is -2.32. The summed E-state index contributed by atoms with van der Waals surface area (Å²) in [6.07, 6.45) is -1.83. The summed E-state index contributed by atoms with van der Waals surface area (Å²) in [5.41, 5.74) is 0.215. The van der Waals surface area contributed by atoms with Crippen molar-refractivity contribution < 1.29 is 31.1 Å². The first-order valence-electron chi connectivity index (χ1n) is 8.32. The van der Waals surface area contributed by atoms with Crippen LogP contribution in [-0.2, 0) is 9.84 Å². The average Bonchev–Trinajstić information content (AvgIpc) is 2.92. The first kappa shape index (κ1) is 19.5.